The van der Waals surface area contributed by atoms with E-state index in [2.05, 4.69) is 5.32 Å². The van der Waals surface area contributed by atoms with Gasteiger partial charge < -0.3 is 9.73 Å². The summed E-state index contributed by atoms with van der Waals surface area (Å²) in [6.07, 6.45) is 0.558. The van der Waals surface area contributed by atoms with Gasteiger partial charge in [0.25, 0.3) is 0 Å². The van der Waals surface area contributed by atoms with E-state index < -0.39 is 11.6 Å². The number of hydrogen-bond donors (Lipinski definition) is 1. The van der Waals surface area contributed by atoms with Crippen LogP contribution in [-0.4, -0.2) is 5.91 Å². The Balaban J connectivity index is 1.85. The van der Waals surface area contributed by atoms with Gasteiger partial charge in [-0.2, -0.15) is 0 Å². The van der Waals surface area contributed by atoms with E-state index in [9.17, 15) is 13.6 Å². The van der Waals surface area contributed by atoms with Gasteiger partial charge in [0.05, 0.1) is 6.04 Å². The molecule has 0 unspecified atom stereocenters. The first-order valence-electron chi connectivity index (χ1n) is 6.75. The highest BCUT2D eigenvalue weighted by Gasteiger charge is 2.13. The van der Waals surface area contributed by atoms with Crippen LogP contribution in [0.3, 0.4) is 0 Å². The Kier molecular flexibility index (Phi) is 4.73. The highest BCUT2D eigenvalue weighted by molar-refractivity contribution is 5.76. The highest BCUT2D eigenvalue weighted by Crippen LogP contribution is 2.16. The topological polar surface area (TPSA) is 42.2 Å². The molecule has 2 aromatic rings. The maximum Gasteiger partial charge on any atom is 0.220 e. The van der Waals surface area contributed by atoms with Crippen LogP contribution in [0.2, 0.25) is 0 Å². The van der Waals surface area contributed by atoms with Gasteiger partial charge in [-0.15, -0.1) is 0 Å². The number of furan rings is 1. The van der Waals surface area contributed by atoms with Crippen LogP contribution in [-0.2, 0) is 11.2 Å². The van der Waals surface area contributed by atoms with Gasteiger partial charge in [0.1, 0.15) is 11.5 Å². The molecule has 0 fully saturated rings. The lowest BCUT2D eigenvalue weighted by Gasteiger charge is -2.11. The van der Waals surface area contributed by atoms with Crippen LogP contribution in [0.1, 0.15) is 36.5 Å². The van der Waals surface area contributed by atoms with Gasteiger partial charge in [-0.25, -0.2) is 8.78 Å². The molecule has 0 saturated heterocycles. The molecule has 21 heavy (non-hydrogen) atoms. The molecule has 1 atom stereocenters. The van der Waals surface area contributed by atoms with E-state index in [0.29, 0.717) is 17.7 Å². The van der Waals surface area contributed by atoms with E-state index in [1.807, 2.05) is 26.0 Å². The van der Waals surface area contributed by atoms with Gasteiger partial charge in [0, 0.05) is 6.42 Å². The van der Waals surface area contributed by atoms with Crippen molar-refractivity contribution in [2.75, 3.05) is 0 Å². The largest absolute Gasteiger partial charge is 0.464 e. The zero-order valence-electron chi connectivity index (χ0n) is 12.0. The Morgan fingerprint density at radius 1 is 1.24 bits per heavy atom. The van der Waals surface area contributed by atoms with E-state index in [4.69, 9.17) is 4.42 Å². The number of rotatable bonds is 5. The molecule has 0 aliphatic carbocycles. The van der Waals surface area contributed by atoms with E-state index in [1.54, 1.807) is 0 Å². The van der Waals surface area contributed by atoms with Crippen molar-refractivity contribution in [3.8, 4) is 0 Å². The van der Waals surface area contributed by atoms with Crippen molar-refractivity contribution in [3.05, 3.63) is 59.1 Å². The molecule has 0 aliphatic heterocycles. The summed E-state index contributed by atoms with van der Waals surface area (Å²) >= 11 is 0. The summed E-state index contributed by atoms with van der Waals surface area (Å²) in [7, 11) is 0. The molecule has 112 valence electrons. The van der Waals surface area contributed by atoms with Crippen LogP contribution in [0.25, 0.3) is 0 Å². The summed E-state index contributed by atoms with van der Waals surface area (Å²) in [5.74, 6) is -0.472. The van der Waals surface area contributed by atoms with Gasteiger partial charge in [0.15, 0.2) is 11.6 Å². The van der Waals surface area contributed by atoms with Crippen LogP contribution >= 0.6 is 0 Å². The Morgan fingerprint density at radius 3 is 2.62 bits per heavy atom. The van der Waals surface area contributed by atoms with Gasteiger partial charge in [-0.05, 0) is 50.1 Å². The van der Waals surface area contributed by atoms with Gasteiger partial charge in [-0.1, -0.05) is 6.07 Å². The second-order valence-corrected chi connectivity index (χ2v) is 4.99. The Hall–Kier alpha value is -2.17. The molecular weight excluding hydrogens is 276 g/mol. The van der Waals surface area contributed by atoms with E-state index in [0.717, 1.165) is 17.9 Å². The van der Waals surface area contributed by atoms with E-state index >= 15 is 0 Å². The molecule has 1 aromatic heterocycles. The number of halogens is 2. The maximum atomic E-state index is 13.0. The molecule has 0 saturated carbocycles. The molecule has 3 nitrogen and oxygen atoms in total. The Bertz CT molecular complexity index is 637. The fourth-order valence-corrected chi connectivity index (χ4v) is 2.02. The molecule has 0 spiro atoms. The Morgan fingerprint density at radius 2 is 2.00 bits per heavy atom. The van der Waals surface area contributed by atoms with Gasteiger partial charge >= 0.3 is 0 Å². The number of carbonyl (C=O) groups excluding carboxylic acids is 1. The van der Waals surface area contributed by atoms with Crippen molar-refractivity contribution in [1.82, 2.24) is 5.32 Å². The summed E-state index contributed by atoms with van der Waals surface area (Å²) in [5, 5.41) is 2.81. The molecule has 2 rings (SSSR count). The second-order valence-electron chi connectivity index (χ2n) is 4.99. The third-order valence-electron chi connectivity index (χ3n) is 3.19. The molecule has 1 heterocycles. The van der Waals surface area contributed by atoms with Crippen molar-refractivity contribution < 1.29 is 18.0 Å². The first kappa shape index (κ1) is 15.2. The minimum atomic E-state index is -0.896. The van der Waals surface area contributed by atoms with E-state index in [-0.39, 0.29) is 18.4 Å². The Labute approximate surface area is 122 Å². The molecule has 1 aromatic carbocycles. The van der Waals surface area contributed by atoms with Crippen molar-refractivity contribution in [3.63, 3.8) is 0 Å². The monoisotopic (exact) mass is 293 g/mol. The fraction of sp³-hybridized carbons (Fsp3) is 0.312. The highest BCUT2D eigenvalue weighted by atomic mass is 19.2. The minimum absolute atomic E-state index is 0.165. The molecule has 1 amide bonds. The van der Waals surface area contributed by atoms with Crippen LogP contribution in [0.5, 0.6) is 0 Å². The quantitative estimate of drug-likeness (QED) is 0.913. The molecular formula is C16H17F2NO2. The molecule has 0 aliphatic rings. The number of aryl methyl sites for hydroxylation is 2. The molecule has 5 heteroatoms. The summed E-state index contributed by atoms with van der Waals surface area (Å²) in [5.41, 5.74) is 0.588. The lowest BCUT2D eigenvalue weighted by molar-refractivity contribution is -0.121. The number of nitrogens with one attached hydrogen (secondary N) is 1. The zero-order valence-corrected chi connectivity index (χ0v) is 12.0. The molecule has 0 bridgehead atoms. The van der Waals surface area contributed by atoms with Crippen LogP contribution in [0.4, 0.5) is 8.78 Å². The number of amides is 1. The third kappa shape index (κ3) is 4.15. The smallest absolute Gasteiger partial charge is 0.220 e. The number of benzene rings is 1. The normalized spacial score (nSPS) is 12.2. The van der Waals surface area contributed by atoms with E-state index in [1.165, 1.54) is 6.07 Å². The zero-order chi connectivity index (χ0) is 15.4. The van der Waals surface area contributed by atoms with Gasteiger partial charge in [-0.3, -0.25) is 4.79 Å². The average molecular weight is 293 g/mol. The fourth-order valence-electron chi connectivity index (χ4n) is 2.02. The van der Waals surface area contributed by atoms with Crippen molar-refractivity contribution >= 4 is 5.91 Å². The maximum absolute atomic E-state index is 13.0. The minimum Gasteiger partial charge on any atom is -0.464 e. The lowest BCUT2D eigenvalue weighted by Crippen LogP contribution is -2.26. The second kappa shape index (κ2) is 6.52. The summed E-state index contributed by atoms with van der Waals surface area (Å²) < 4.78 is 31.3. The number of carbonyl (C=O) groups is 1. The van der Waals surface area contributed by atoms with Crippen molar-refractivity contribution in [1.29, 1.82) is 0 Å². The van der Waals surface area contributed by atoms with Crippen molar-refractivity contribution in [2.24, 2.45) is 0 Å². The number of hydrogen-bond acceptors (Lipinski definition) is 2. The SMILES string of the molecule is Cc1ccc([C@@H](C)NC(=O)CCc2ccc(F)c(F)c2)o1. The first-order chi connectivity index (χ1) is 9.95. The van der Waals surface area contributed by atoms with Crippen LogP contribution < -0.4 is 5.32 Å². The summed E-state index contributed by atoms with van der Waals surface area (Å²) in [6, 6.07) is 7.08. The predicted octanol–water partition coefficient (Wildman–Crippen LogP) is 3.68. The lowest BCUT2D eigenvalue weighted by atomic mass is 10.1. The summed E-state index contributed by atoms with van der Waals surface area (Å²) in [6.45, 7) is 3.66. The molecule has 1 N–H and O–H groups in total. The third-order valence-corrected chi connectivity index (χ3v) is 3.19. The standard InChI is InChI=1S/C16H17F2NO2/c1-10-3-7-15(21-10)11(2)19-16(20)8-5-12-4-6-13(17)14(18)9-12/h3-4,6-7,9,11H,5,8H2,1-2H3,(H,19,20)/t11-/m1/s1. The summed E-state index contributed by atoms with van der Waals surface area (Å²) in [4.78, 5) is 11.8. The van der Waals surface area contributed by atoms with Crippen LogP contribution in [0, 0.1) is 18.6 Å². The van der Waals surface area contributed by atoms with Gasteiger partial charge in [0.2, 0.25) is 5.91 Å². The predicted molar refractivity (Wildman–Crippen MR) is 74.7 cm³/mol. The first-order valence-corrected chi connectivity index (χ1v) is 6.75. The molecule has 0 radical (unpaired) electrons. The van der Waals surface area contributed by atoms with Crippen molar-refractivity contribution in [2.45, 2.75) is 32.7 Å². The average Bonchev–Trinajstić information content (AvgIpc) is 2.87. The van der Waals surface area contributed by atoms with Crippen LogP contribution in [0.15, 0.2) is 34.7 Å².